The molecule has 0 aliphatic carbocycles. The van der Waals surface area contributed by atoms with Crippen molar-refractivity contribution in [1.29, 1.82) is 0 Å². The van der Waals surface area contributed by atoms with Gasteiger partial charge in [-0.2, -0.15) is 10.2 Å². The van der Waals surface area contributed by atoms with Crippen LogP contribution in [0.4, 0.5) is 0 Å². The first-order valence-electron chi connectivity index (χ1n) is 9.32. The summed E-state index contributed by atoms with van der Waals surface area (Å²) in [5.74, 6) is -0.0124. The highest BCUT2D eigenvalue weighted by Gasteiger charge is 2.15. The van der Waals surface area contributed by atoms with Gasteiger partial charge in [0, 0.05) is 31.3 Å². The van der Waals surface area contributed by atoms with Gasteiger partial charge in [-0.05, 0) is 56.4 Å². The van der Waals surface area contributed by atoms with Gasteiger partial charge >= 0.3 is 0 Å². The van der Waals surface area contributed by atoms with Gasteiger partial charge in [0.05, 0.1) is 11.4 Å². The van der Waals surface area contributed by atoms with Gasteiger partial charge in [0.2, 0.25) is 0 Å². The molecular formula is C23H26N4O. The zero-order chi connectivity index (χ0) is 20.1. The molecule has 0 aliphatic rings. The van der Waals surface area contributed by atoms with Crippen LogP contribution in [-0.4, -0.2) is 47.0 Å². The Balaban J connectivity index is 1.79. The molecule has 0 atom stereocenters. The fraction of sp³-hybridized carbons (Fsp3) is 0.261. The van der Waals surface area contributed by atoms with E-state index in [1.54, 1.807) is 4.90 Å². The molecule has 5 heteroatoms. The summed E-state index contributed by atoms with van der Waals surface area (Å²) >= 11 is 0. The monoisotopic (exact) mass is 374 g/mol. The summed E-state index contributed by atoms with van der Waals surface area (Å²) in [5.41, 5.74) is 5.56. The number of hydrogen-bond donors (Lipinski definition) is 0. The van der Waals surface area contributed by atoms with Gasteiger partial charge in [0.1, 0.15) is 0 Å². The number of carbonyl (C=O) groups excluding carboxylic acids is 1. The third-order valence-electron chi connectivity index (χ3n) is 4.56. The Morgan fingerprint density at radius 2 is 1.57 bits per heavy atom. The van der Waals surface area contributed by atoms with Crippen LogP contribution in [0.25, 0.3) is 11.3 Å². The molecule has 3 rings (SSSR count). The molecule has 0 saturated heterocycles. The number of carbonyl (C=O) groups is 1. The number of amides is 1. The molecule has 2 aromatic carbocycles. The van der Waals surface area contributed by atoms with Crippen LogP contribution in [0.1, 0.15) is 27.2 Å². The van der Waals surface area contributed by atoms with Crippen LogP contribution in [-0.2, 0) is 13.1 Å². The summed E-state index contributed by atoms with van der Waals surface area (Å²) in [5, 5.41) is 8.33. The van der Waals surface area contributed by atoms with E-state index < -0.39 is 0 Å². The molecule has 0 unspecified atom stereocenters. The molecule has 5 nitrogen and oxygen atoms in total. The Morgan fingerprint density at radius 3 is 2.21 bits per heavy atom. The molecule has 1 aromatic heterocycles. The second kappa shape index (κ2) is 8.76. The molecule has 144 valence electrons. The van der Waals surface area contributed by atoms with E-state index in [-0.39, 0.29) is 5.91 Å². The predicted octanol–water partition coefficient (Wildman–Crippen LogP) is 3.79. The summed E-state index contributed by atoms with van der Waals surface area (Å²) in [4.78, 5) is 16.9. The van der Waals surface area contributed by atoms with Crippen LogP contribution >= 0.6 is 0 Å². The Hall–Kier alpha value is -3.05. The predicted molar refractivity (Wildman–Crippen MR) is 112 cm³/mol. The van der Waals surface area contributed by atoms with Crippen molar-refractivity contribution < 1.29 is 4.79 Å². The normalized spacial score (nSPS) is 10.9. The van der Waals surface area contributed by atoms with Crippen LogP contribution in [0.5, 0.6) is 0 Å². The molecule has 0 saturated carbocycles. The lowest BCUT2D eigenvalue weighted by Crippen LogP contribution is -2.27. The third kappa shape index (κ3) is 4.81. The Morgan fingerprint density at radius 1 is 0.857 bits per heavy atom. The lowest BCUT2D eigenvalue weighted by atomic mass is 10.0. The number of benzene rings is 2. The maximum Gasteiger partial charge on any atom is 0.253 e. The topological polar surface area (TPSA) is 49.3 Å². The SMILES string of the molecule is Cc1ccc(-c2cccc(C(=O)N(C)Cc3ccccc3CN(C)C)c2)nn1. The summed E-state index contributed by atoms with van der Waals surface area (Å²) < 4.78 is 0. The lowest BCUT2D eigenvalue weighted by molar-refractivity contribution is 0.0784. The van der Waals surface area contributed by atoms with E-state index in [9.17, 15) is 4.79 Å². The van der Waals surface area contributed by atoms with Crippen molar-refractivity contribution in [1.82, 2.24) is 20.0 Å². The highest BCUT2D eigenvalue weighted by Crippen LogP contribution is 2.20. The first kappa shape index (κ1) is 19.7. The smallest absolute Gasteiger partial charge is 0.253 e. The van der Waals surface area contributed by atoms with E-state index >= 15 is 0 Å². The highest BCUT2D eigenvalue weighted by molar-refractivity contribution is 5.95. The van der Waals surface area contributed by atoms with Crippen molar-refractivity contribution in [2.45, 2.75) is 20.0 Å². The highest BCUT2D eigenvalue weighted by atomic mass is 16.2. The molecule has 28 heavy (non-hydrogen) atoms. The molecule has 0 N–H and O–H groups in total. The number of aromatic nitrogens is 2. The van der Waals surface area contributed by atoms with E-state index in [0.717, 1.165) is 29.1 Å². The van der Waals surface area contributed by atoms with Crippen LogP contribution < -0.4 is 0 Å². The molecule has 3 aromatic rings. The van der Waals surface area contributed by atoms with Crippen molar-refractivity contribution in [3.05, 3.63) is 83.0 Å². The quantitative estimate of drug-likeness (QED) is 0.659. The van der Waals surface area contributed by atoms with Crippen LogP contribution in [0.15, 0.2) is 60.7 Å². The first-order valence-corrected chi connectivity index (χ1v) is 9.32. The van der Waals surface area contributed by atoms with E-state index in [0.29, 0.717) is 12.1 Å². The van der Waals surface area contributed by atoms with Crippen LogP contribution in [0.3, 0.4) is 0 Å². The zero-order valence-corrected chi connectivity index (χ0v) is 16.9. The van der Waals surface area contributed by atoms with Gasteiger partial charge in [-0.25, -0.2) is 0 Å². The summed E-state index contributed by atoms with van der Waals surface area (Å²) in [6, 6.07) is 19.7. The Bertz CT molecular complexity index is 951. The second-order valence-electron chi connectivity index (χ2n) is 7.31. The molecule has 0 aliphatic heterocycles. The number of hydrogen-bond acceptors (Lipinski definition) is 4. The average Bonchev–Trinajstić information content (AvgIpc) is 2.69. The summed E-state index contributed by atoms with van der Waals surface area (Å²) in [6.45, 7) is 3.32. The molecule has 0 spiro atoms. The van der Waals surface area contributed by atoms with Crippen molar-refractivity contribution in [2.24, 2.45) is 0 Å². The molecular weight excluding hydrogens is 348 g/mol. The molecule has 0 radical (unpaired) electrons. The van der Waals surface area contributed by atoms with Gasteiger partial charge in [0.25, 0.3) is 5.91 Å². The molecule has 1 amide bonds. The third-order valence-corrected chi connectivity index (χ3v) is 4.56. The van der Waals surface area contributed by atoms with Gasteiger partial charge in [-0.1, -0.05) is 36.4 Å². The molecule has 1 heterocycles. The largest absolute Gasteiger partial charge is 0.337 e. The van der Waals surface area contributed by atoms with Crippen molar-refractivity contribution >= 4 is 5.91 Å². The minimum absolute atomic E-state index is 0.0124. The van der Waals surface area contributed by atoms with Gasteiger partial charge in [0.15, 0.2) is 0 Å². The minimum Gasteiger partial charge on any atom is -0.337 e. The maximum absolute atomic E-state index is 13.0. The van der Waals surface area contributed by atoms with Crippen LogP contribution in [0, 0.1) is 6.92 Å². The fourth-order valence-electron chi connectivity index (χ4n) is 3.12. The Kier molecular flexibility index (Phi) is 6.16. The zero-order valence-electron chi connectivity index (χ0n) is 16.9. The van der Waals surface area contributed by atoms with Crippen molar-refractivity contribution in [3.63, 3.8) is 0 Å². The van der Waals surface area contributed by atoms with Gasteiger partial charge < -0.3 is 9.80 Å². The van der Waals surface area contributed by atoms with E-state index in [1.807, 2.05) is 76.6 Å². The van der Waals surface area contributed by atoms with E-state index in [4.69, 9.17) is 0 Å². The lowest BCUT2D eigenvalue weighted by Gasteiger charge is -2.21. The first-order chi connectivity index (χ1) is 13.4. The van der Waals surface area contributed by atoms with Crippen molar-refractivity contribution in [2.75, 3.05) is 21.1 Å². The van der Waals surface area contributed by atoms with E-state index in [2.05, 4.69) is 27.2 Å². The maximum atomic E-state index is 13.0. The fourth-order valence-corrected chi connectivity index (χ4v) is 3.12. The minimum atomic E-state index is -0.0124. The summed E-state index contributed by atoms with van der Waals surface area (Å²) in [6.07, 6.45) is 0. The standard InChI is InChI=1S/C23H26N4O/c1-17-12-13-22(25-24-17)18-10-7-11-19(14-18)23(28)27(4)16-21-9-6-5-8-20(21)15-26(2)3/h5-14H,15-16H2,1-4H3. The van der Waals surface area contributed by atoms with Gasteiger partial charge in [-0.15, -0.1) is 0 Å². The molecule has 0 bridgehead atoms. The Labute approximate surface area is 166 Å². The number of aryl methyl sites for hydroxylation is 1. The summed E-state index contributed by atoms with van der Waals surface area (Å²) in [7, 11) is 5.93. The van der Waals surface area contributed by atoms with E-state index in [1.165, 1.54) is 5.56 Å². The molecule has 0 fully saturated rings. The van der Waals surface area contributed by atoms with Gasteiger partial charge in [-0.3, -0.25) is 4.79 Å². The van der Waals surface area contributed by atoms with Crippen molar-refractivity contribution in [3.8, 4) is 11.3 Å². The van der Waals surface area contributed by atoms with Crippen LogP contribution in [0.2, 0.25) is 0 Å². The second-order valence-corrected chi connectivity index (χ2v) is 7.31. The average molecular weight is 374 g/mol. The number of rotatable bonds is 6. The number of nitrogens with zero attached hydrogens (tertiary/aromatic N) is 4.